The first-order chi connectivity index (χ1) is 27.7. The number of unbranched alkanes of at least 4 members (excludes halogenated alkanes) is 13. The molecule has 0 radical (unpaired) electrons. The molecule has 0 heterocycles. The molecule has 0 rings (SSSR count). The Kier molecular flexibility index (Phi) is 32.7. The van der Waals surface area contributed by atoms with E-state index < -0.39 is 66.3 Å². The van der Waals surface area contributed by atoms with E-state index in [9.17, 15) is 53.4 Å². The topological polar surface area (TPSA) is 301 Å². The summed E-state index contributed by atoms with van der Waals surface area (Å²) in [6.45, 7) is -0.286. The minimum absolute atomic E-state index is 0.0342. The third-order valence-electron chi connectivity index (χ3n) is 8.98. The maximum atomic E-state index is 12.3. The second-order valence-corrected chi connectivity index (χ2v) is 14.1. The maximum Gasteiger partial charge on any atom is 0.326 e. The Bertz CT molecular complexity index is 1250. The Morgan fingerprint density at radius 3 is 1.36 bits per heavy atom. The molecule has 0 aromatic rings. The molecule has 4 amide bonds. The zero-order valence-corrected chi connectivity index (χ0v) is 33.7. The van der Waals surface area contributed by atoms with Gasteiger partial charge in [-0.1, -0.05) is 77.0 Å². The van der Waals surface area contributed by atoms with Crippen LogP contribution in [0.15, 0.2) is 0 Å². The molecule has 3 atom stereocenters. The average molecular weight is 831 g/mol. The van der Waals surface area contributed by atoms with Crippen LogP contribution >= 0.6 is 0 Å². The van der Waals surface area contributed by atoms with Crippen molar-refractivity contribution in [3.63, 3.8) is 0 Å². The zero-order valence-electron chi connectivity index (χ0n) is 33.7. The normalized spacial score (nSPS) is 12.4. The molecule has 332 valence electrons. The molecule has 8 N–H and O–H groups in total. The van der Waals surface area contributed by atoms with Crippen LogP contribution in [0.3, 0.4) is 0 Å². The molecule has 0 aliphatic heterocycles. The van der Waals surface area contributed by atoms with E-state index in [-0.39, 0.29) is 83.6 Å². The van der Waals surface area contributed by atoms with E-state index in [4.69, 9.17) is 19.7 Å². The molecule has 58 heavy (non-hydrogen) atoms. The van der Waals surface area contributed by atoms with E-state index in [1.165, 1.54) is 32.1 Å². The van der Waals surface area contributed by atoms with Gasteiger partial charge in [0.15, 0.2) is 0 Å². The van der Waals surface area contributed by atoms with Crippen molar-refractivity contribution >= 4 is 53.8 Å². The Labute approximate surface area is 340 Å². The van der Waals surface area contributed by atoms with Crippen LogP contribution in [0.25, 0.3) is 0 Å². The molecule has 0 aliphatic carbocycles. The molecule has 0 aromatic carbocycles. The second-order valence-electron chi connectivity index (χ2n) is 14.1. The van der Waals surface area contributed by atoms with Crippen LogP contribution in [0.4, 0.5) is 0 Å². The lowest BCUT2D eigenvalue weighted by molar-refractivity contribution is -0.143. The number of rotatable bonds is 40. The molecule has 0 unspecified atom stereocenters. The monoisotopic (exact) mass is 830 g/mol. The van der Waals surface area contributed by atoms with E-state index in [0.717, 1.165) is 51.4 Å². The molecule has 0 fully saturated rings. The molecule has 19 nitrogen and oxygen atoms in total. The number of nitrogens with one attached hydrogen (secondary N) is 4. The van der Waals surface area contributed by atoms with Gasteiger partial charge < -0.3 is 56.0 Å². The third-order valence-corrected chi connectivity index (χ3v) is 8.98. The quantitative estimate of drug-likeness (QED) is 0.0325. The van der Waals surface area contributed by atoms with Crippen LogP contribution in [-0.2, 0) is 52.6 Å². The molecule has 0 spiro atoms. The average Bonchev–Trinajstić information content (AvgIpc) is 3.16. The second kappa shape index (κ2) is 35.5. The fourth-order valence-electron chi connectivity index (χ4n) is 5.72. The van der Waals surface area contributed by atoms with E-state index in [0.29, 0.717) is 12.7 Å². The van der Waals surface area contributed by atoms with Crippen molar-refractivity contribution in [3.8, 4) is 0 Å². The number of aliphatic carboxylic acids is 4. The Hall–Kier alpha value is -4.65. The van der Waals surface area contributed by atoms with Crippen LogP contribution in [-0.4, -0.2) is 125 Å². The number of hydrogen-bond donors (Lipinski definition) is 8. The first-order valence-corrected chi connectivity index (χ1v) is 20.4. The van der Waals surface area contributed by atoms with Gasteiger partial charge in [0.2, 0.25) is 23.6 Å². The predicted octanol–water partition coefficient (Wildman–Crippen LogP) is 2.71. The highest BCUT2D eigenvalue weighted by Gasteiger charge is 2.23. The summed E-state index contributed by atoms with van der Waals surface area (Å²) in [5, 5.41) is 45.8. The largest absolute Gasteiger partial charge is 0.481 e. The zero-order chi connectivity index (χ0) is 43.4. The fourth-order valence-corrected chi connectivity index (χ4v) is 5.72. The standard InChI is InChI=1S/C39H66N4O15/c44-27-29(17-22-37(51)52)41-34(47)21-19-31(39(55)56)43-35(48)28-58-26-25-57-24-23-40-32(45)20-18-30(38(53)54)42-33(46)15-13-11-9-7-5-3-1-2-4-6-8-10-12-14-16-36(49)50/h27,29-31H,1-26,28H2,(H,40,45)(H,41,47)(H,42,46)(H,43,48)(H,49,50)(H,51,52)(H,53,54)(H,55,56)/t29-,30-,31-/m0/s1. The molecule has 0 aliphatic rings. The smallest absolute Gasteiger partial charge is 0.326 e. The predicted molar refractivity (Wildman–Crippen MR) is 209 cm³/mol. The van der Waals surface area contributed by atoms with Crippen LogP contribution in [0.5, 0.6) is 0 Å². The maximum absolute atomic E-state index is 12.3. The van der Waals surface area contributed by atoms with Crippen molar-refractivity contribution in [1.82, 2.24) is 21.3 Å². The molecule has 19 heteroatoms. The highest BCUT2D eigenvalue weighted by Crippen LogP contribution is 2.14. The number of amides is 4. The van der Waals surface area contributed by atoms with E-state index in [2.05, 4.69) is 21.3 Å². The van der Waals surface area contributed by atoms with Gasteiger partial charge in [-0.05, 0) is 32.1 Å². The third kappa shape index (κ3) is 33.5. The number of carbonyl (C=O) groups excluding carboxylic acids is 5. The van der Waals surface area contributed by atoms with Gasteiger partial charge in [0.1, 0.15) is 25.0 Å². The summed E-state index contributed by atoms with van der Waals surface area (Å²) < 4.78 is 10.5. The molecular weight excluding hydrogens is 764 g/mol. The molecule has 0 aromatic heterocycles. The lowest BCUT2D eigenvalue weighted by Gasteiger charge is -2.16. The molecule has 0 bridgehead atoms. The lowest BCUT2D eigenvalue weighted by atomic mass is 10.0. The first kappa shape index (κ1) is 53.4. The van der Waals surface area contributed by atoms with Crippen LogP contribution in [0, 0.1) is 0 Å². The van der Waals surface area contributed by atoms with Crippen LogP contribution in [0.1, 0.15) is 141 Å². The summed E-state index contributed by atoms with van der Waals surface area (Å²) >= 11 is 0. The van der Waals surface area contributed by atoms with Crippen LogP contribution in [0.2, 0.25) is 0 Å². The molecule has 0 saturated heterocycles. The van der Waals surface area contributed by atoms with Crippen molar-refractivity contribution in [3.05, 3.63) is 0 Å². The van der Waals surface area contributed by atoms with Crippen LogP contribution < -0.4 is 21.3 Å². The summed E-state index contributed by atoms with van der Waals surface area (Å²) in [4.78, 5) is 104. The number of ether oxygens (including phenoxy) is 2. The molecular formula is C39H66N4O15. The Balaban J connectivity index is 3.96. The summed E-state index contributed by atoms with van der Waals surface area (Å²) in [7, 11) is 0. The van der Waals surface area contributed by atoms with Gasteiger partial charge in [0, 0.05) is 38.6 Å². The van der Waals surface area contributed by atoms with Gasteiger partial charge in [0.05, 0.1) is 25.9 Å². The van der Waals surface area contributed by atoms with Gasteiger partial charge in [-0.15, -0.1) is 0 Å². The minimum atomic E-state index is -1.41. The van der Waals surface area contributed by atoms with E-state index in [1.54, 1.807) is 0 Å². The minimum Gasteiger partial charge on any atom is -0.481 e. The van der Waals surface area contributed by atoms with E-state index >= 15 is 0 Å². The molecule has 0 saturated carbocycles. The number of hydrogen-bond acceptors (Lipinski definition) is 11. The summed E-state index contributed by atoms with van der Waals surface area (Å²) in [5.41, 5.74) is 0. The summed E-state index contributed by atoms with van der Waals surface area (Å²) in [6, 6.07) is -3.64. The van der Waals surface area contributed by atoms with E-state index in [1.807, 2.05) is 0 Å². The summed E-state index contributed by atoms with van der Waals surface area (Å²) in [6.07, 6.45) is 14.3. The van der Waals surface area contributed by atoms with Crippen molar-refractivity contribution in [2.24, 2.45) is 0 Å². The number of aldehydes is 1. The number of carboxylic acids is 4. The van der Waals surface area contributed by atoms with Gasteiger partial charge in [-0.3, -0.25) is 28.8 Å². The SMILES string of the molecule is O=C[C@H](CCC(=O)O)NC(=O)CC[C@H](NC(=O)COCCOCCNC(=O)CC[C@H](NC(=O)CCCCCCCCCCCCCCCCC(=O)O)C(=O)O)C(=O)O. The van der Waals surface area contributed by atoms with Crippen molar-refractivity contribution in [2.75, 3.05) is 33.0 Å². The summed E-state index contributed by atoms with van der Waals surface area (Å²) in [5.74, 6) is -6.72. The van der Waals surface area contributed by atoms with Gasteiger partial charge in [-0.25, -0.2) is 9.59 Å². The van der Waals surface area contributed by atoms with Crippen molar-refractivity contribution in [2.45, 2.75) is 159 Å². The highest BCUT2D eigenvalue weighted by molar-refractivity contribution is 5.86. The fraction of sp³-hybridized carbons (Fsp3) is 0.769. The highest BCUT2D eigenvalue weighted by atomic mass is 16.5. The lowest BCUT2D eigenvalue weighted by Crippen LogP contribution is -2.44. The van der Waals surface area contributed by atoms with Gasteiger partial charge >= 0.3 is 23.9 Å². The Morgan fingerprint density at radius 1 is 0.448 bits per heavy atom. The number of carboxylic acid groups (broad SMARTS) is 4. The Morgan fingerprint density at radius 2 is 0.879 bits per heavy atom. The van der Waals surface area contributed by atoms with Gasteiger partial charge in [-0.2, -0.15) is 0 Å². The van der Waals surface area contributed by atoms with Gasteiger partial charge in [0.25, 0.3) is 0 Å². The van der Waals surface area contributed by atoms with Crippen molar-refractivity contribution in [1.29, 1.82) is 0 Å². The first-order valence-electron chi connectivity index (χ1n) is 20.4. The van der Waals surface area contributed by atoms with Crippen molar-refractivity contribution < 1.29 is 73.1 Å². The number of carbonyl (C=O) groups is 9.